The van der Waals surface area contributed by atoms with Crippen molar-refractivity contribution in [3.8, 4) is 0 Å². The van der Waals surface area contributed by atoms with Gasteiger partial charge in [0.25, 0.3) is 0 Å². The van der Waals surface area contributed by atoms with Gasteiger partial charge in [-0.25, -0.2) is 0 Å². The summed E-state index contributed by atoms with van der Waals surface area (Å²) in [5, 5.41) is 10.0. The molecule has 134 valence electrons. The Balaban J connectivity index is 5.77. The normalized spacial score (nSPS) is 15.3. The molecule has 22 heavy (non-hydrogen) atoms. The van der Waals surface area contributed by atoms with Crippen LogP contribution in [0.5, 0.6) is 0 Å². The van der Waals surface area contributed by atoms with Gasteiger partial charge in [0, 0.05) is 6.61 Å². The molecule has 0 aliphatic heterocycles. The number of rotatable bonds is 13. The molecule has 0 rings (SSSR count). The molecule has 0 aliphatic rings. The summed E-state index contributed by atoms with van der Waals surface area (Å²) >= 11 is 0. The summed E-state index contributed by atoms with van der Waals surface area (Å²) in [6.45, 7) is 16.8. The minimum atomic E-state index is 0.370. The molecule has 0 aromatic rings. The Bertz CT molecular complexity index is 184. The van der Waals surface area contributed by atoms with E-state index in [1.165, 1.54) is 38.5 Å². The van der Waals surface area contributed by atoms with Crippen molar-refractivity contribution in [2.24, 2.45) is 35.5 Å². The third kappa shape index (κ3) is 5.55. The van der Waals surface area contributed by atoms with Crippen LogP contribution in [0.15, 0.2) is 0 Å². The van der Waals surface area contributed by atoms with E-state index in [0.29, 0.717) is 18.4 Å². The van der Waals surface area contributed by atoms with Crippen LogP contribution in [-0.2, 0) is 0 Å². The van der Waals surface area contributed by atoms with Crippen molar-refractivity contribution in [1.82, 2.24) is 0 Å². The fraction of sp³-hybridized carbons (Fsp3) is 1.00. The fourth-order valence-corrected chi connectivity index (χ4v) is 5.05. The van der Waals surface area contributed by atoms with Gasteiger partial charge in [0.2, 0.25) is 0 Å². The maximum Gasteiger partial charge on any atom is 0.0462 e. The molecule has 0 radical (unpaired) electrons. The van der Waals surface area contributed by atoms with E-state index in [1.807, 2.05) is 0 Å². The highest BCUT2D eigenvalue weighted by atomic mass is 16.3. The van der Waals surface area contributed by atoms with Crippen molar-refractivity contribution in [1.29, 1.82) is 0 Å². The van der Waals surface area contributed by atoms with Gasteiger partial charge in [0.15, 0.2) is 0 Å². The first kappa shape index (κ1) is 22.0. The van der Waals surface area contributed by atoms with Gasteiger partial charge in [-0.2, -0.15) is 0 Å². The highest BCUT2D eigenvalue weighted by Gasteiger charge is 2.39. The molecule has 1 nitrogen and oxygen atoms in total. The highest BCUT2D eigenvalue weighted by molar-refractivity contribution is 4.88. The van der Waals surface area contributed by atoms with Crippen molar-refractivity contribution < 1.29 is 5.11 Å². The standard InChI is InChI=1S/C21H44O/c1-8-16(9-2)20(17(10-3)11-4)21(18(12-5)13-6)19(14-7)15-22/h16-22H,8-15H2,1-7H3. The second kappa shape index (κ2) is 12.4. The zero-order valence-electron chi connectivity index (χ0n) is 16.6. The summed E-state index contributed by atoms with van der Waals surface area (Å²) in [5.74, 6) is 4.36. The molecular weight excluding hydrogens is 268 g/mol. The van der Waals surface area contributed by atoms with Crippen LogP contribution < -0.4 is 0 Å². The molecule has 0 heterocycles. The van der Waals surface area contributed by atoms with Crippen LogP contribution in [0.4, 0.5) is 0 Å². The van der Waals surface area contributed by atoms with Gasteiger partial charge in [-0.05, 0) is 35.5 Å². The van der Waals surface area contributed by atoms with Crippen LogP contribution in [0.1, 0.15) is 93.4 Å². The van der Waals surface area contributed by atoms with E-state index in [9.17, 15) is 5.11 Å². The Kier molecular flexibility index (Phi) is 12.4. The van der Waals surface area contributed by atoms with E-state index in [2.05, 4.69) is 48.5 Å². The maximum absolute atomic E-state index is 10.0. The summed E-state index contributed by atoms with van der Waals surface area (Å²) in [5.41, 5.74) is 0. The zero-order chi connectivity index (χ0) is 17.1. The van der Waals surface area contributed by atoms with E-state index >= 15 is 0 Å². The average Bonchev–Trinajstić information content (AvgIpc) is 2.56. The van der Waals surface area contributed by atoms with Gasteiger partial charge in [-0.3, -0.25) is 0 Å². The van der Waals surface area contributed by atoms with E-state index in [0.717, 1.165) is 30.1 Å². The molecule has 0 aromatic carbocycles. The number of aliphatic hydroxyl groups excluding tert-OH is 1. The quantitative estimate of drug-likeness (QED) is 0.409. The van der Waals surface area contributed by atoms with E-state index in [-0.39, 0.29) is 0 Å². The minimum absolute atomic E-state index is 0.370. The summed E-state index contributed by atoms with van der Waals surface area (Å²) in [6, 6.07) is 0. The summed E-state index contributed by atoms with van der Waals surface area (Å²) in [4.78, 5) is 0. The Morgan fingerprint density at radius 1 is 0.455 bits per heavy atom. The Labute approximate surface area is 141 Å². The van der Waals surface area contributed by atoms with Gasteiger partial charge >= 0.3 is 0 Å². The van der Waals surface area contributed by atoms with E-state index in [1.54, 1.807) is 0 Å². The minimum Gasteiger partial charge on any atom is -0.396 e. The predicted octanol–water partition coefficient (Wildman–Crippen LogP) is 6.55. The first-order chi connectivity index (χ1) is 10.6. The van der Waals surface area contributed by atoms with E-state index < -0.39 is 0 Å². The topological polar surface area (TPSA) is 20.2 Å². The Morgan fingerprint density at radius 2 is 0.682 bits per heavy atom. The van der Waals surface area contributed by atoms with Crippen molar-refractivity contribution in [3.63, 3.8) is 0 Å². The molecule has 0 saturated heterocycles. The molecule has 0 amide bonds. The van der Waals surface area contributed by atoms with Crippen molar-refractivity contribution >= 4 is 0 Å². The maximum atomic E-state index is 10.0. The Hall–Kier alpha value is -0.0400. The van der Waals surface area contributed by atoms with Gasteiger partial charge < -0.3 is 5.11 Å². The molecule has 0 spiro atoms. The van der Waals surface area contributed by atoms with Crippen molar-refractivity contribution in [2.45, 2.75) is 93.4 Å². The first-order valence-corrected chi connectivity index (χ1v) is 10.2. The molecule has 0 saturated carbocycles. The monoisotopic (exact) mass is 312 g/mol. The molecule has 0 fully saturated rings. The van der Waals surface area contributed by atoms with Crippen LogP contribution in [0.3, 0.4) is 0 Å². The lowest BCUT2D eigenvalue weighted by Crippen LogP contribution is -2.39. The number of hydrogen-bond donors (Lipinski definition) is 1. The van der Waals surface area contributed by atoms with Crippen molar-refractivity contribution in [2.75, 3.05) is 6.61 Å². The number of hydrogen-bond acceptors (Lipinski definition) is 1. The highest BCUT2D eigenvalue weighted by Crippen LogP contribution is 2.45. The SMILES string of the molecule is CCC(CC)C(C(CC)CC)C(C(CC)CC)C(CC)CO. The molecule has 2 atom stereocenters. The van der Waals surface area contributed by atoms with Gasteiger partial charge in [0.1, 0.15) is 0 Å². The predicted molar refractivity (Wildman–Crippen MR) is 100 cm³/mol. The van der Waals surface area contributed by atoms with Gasteiger partial charge in [0.05, 0.1) is 0 Å². The molecular formula is C21H44O. The van der Waals surface area contributed by atoms with Gasteiger partial charge in [-0.1, -0.05) is 93.4 Å². The lowest BCUT2D eigenvalue weighted by atomic mass is 9.60. The average molecular weight is 313 g/mol. The van der Waals surface area contributed by atoms with E-state index in [4.69, 9.17) is 0 Å². The Morgan fingerprint density at radius 3 is 0.864 bits per heavy atom. The molecule has 1 N–H and O–H groups in total. The smallest absolute Gasteiger partial charge is 0.0462 e. The summed E-state index contributed by atoms with van der Waals surface area (Å²) < 4.78 is 0. The lowest BCUT2D eigenvalue weighted by Gasteiger charge is -2.45. The first-order valence-electron chi connectivity index (χ1n) is 10.2. The zero-order valence-corrected chi connectivity index (χ0v) is 16.6. The fourth-order valence-electron chi connectivity index (χ4n) is 5.05. The van der Waals surface area contributed by atoms with Crippen LogP contribution in [0.2, 0.25) is 0 Å². The van der Waals surface area contributed by atoms with Crippen LogP contribution >= 0.6 is 0 Å². The summed E-state index contributed by atoms with van der Waals surface area (Å²) in [6.07, 6.45) is 8.79. The van der Waals surface area contributed by atoms with Crippen LogP contribution in [0.25, 0.3) is 0 Å². The molecule has 0 aliphatic carbocycles. The molecule has 0 aromatic heterocycles. The van der Waals surface area contributed by atoms with Crippen molar-refractivity contribution in [3.05, 3.63) is 0 Å². The van der Waals surface area contributed by atoms with Crippen LogP contribution in [-0.4, -0.2) is 11.7 Å². The molecule has 1 heteroatoms. The lowest BCUT2D eigenvalue weighted by molar-refractivity contribution is 0.0149. The number of aliphatic hydroxyl groups is 1. The largest absolute Gasteiger partial charge is 0.396 e. The second-order valence-corrected chi connectivity index (χ2v) is 7.24. The van der Waals surface area contributed by atoms with Crippen LogP contribution in [0, 0.1) is 35.5 Å². The molecule has 0 bridgehead atoms. The third-order valence-corrected chi connectivity index (χ3v) is 6.53. The molecule has 2 unspecified atom stereocenters. The van der Waals surface area contributed by atoms with Gasteiger partial charge in [-0.15, -0.1) is 0 Å². The summed E-state index contributed by atoms with van der Waals surface area (Å²) in [7, 11) is 0. The second-order valence-electron chi connectivity index (χ2n) is 7.24. The third-order valence-electron chi connectivity index (χ3n) is 6.53.